The van der Waals surface area contributed by atoms with Gasteiger partial charge in [0.15, 0.2) is 0 Å². The Bertz CT molecular complexity index is 587. The molecule has 0 fully saturated rings. The van der Waals surface area contributed by atoms with Gasteiger partial charge in [0.1, 0.15) is 5.69 Å². The maximum absolute atomic E-state index is 12.0. The molecule has 6 heteroatoms. The summed E-state index contributed by atoms with van der Waals surface area (Å²) >= 11 is 6.05. The van der Waals surface area contributed by atoms with Gasteiger partial charge >= 0.3 is 0 Å². The normalized spacial score (nSPS) is 10.4. The molecule has 0 atom stereocenters. The molecule has 1 heterocycles. The Morgan fingerprint density at radius 2 is 2.22 bits per heavy atom. The molecule has 0 unspecified atom stereocenters. The van der Waals surface area contributed by atoms with Crippen LogP contribution in [0.1, 0.15) is 16.1 Å². The number of carbonyl (C=O) groups is 1. The van der Waals surface area contributed by atoms with Gasteiger partial charge < -0.3 is 11.1 Å². The molecule has 2 aromatic rings. The number of halogens is 1. The van der Waals surface area contributed by atoms with E-state index in [0.29, 0.717) is 22.1 Å². The molecule has 0 radical (unpaired) electrons. The van der Waals surface area contributed by atoms with Crippen molar-refractivity contribution in [3.63, 3.8) is 0 Å². The Balaban J connectivity index is 2.27. The molecule has 94 valence electrons. The molecule has 0 spiro atoms. The molecule has 0 saturated heterocycles. The number of nitrogens with one attached hydrogen (secondary N) is 1. The van der Waals surface area contributed by atoms with Crippen molar-refractivity contribution in [3.8, 4) is 0 Å². The third-order valence-electron chi connectivity index (χ3n) is 2.55. The lowest BCUT2D eigenvalue weighted by atomic mass is 10.2. The van der Waals surface area contributed by atoms with Crippen molar-refractivity contribution in [2.45, 2.75) is 6.92 Å². The first-order chi connectivity index (χ1) is 8.49. The van der Waals surface area contributed by atoms with Gasteiger partial charge in [0.2, 0.25) is 0 Å². The highest BCUT2D eigenvalue weighted by Crippen LogP contribution is 2.23. The van der Waals surface area contributed by atoms with Crippen LogP contribution in [0.15, 0.2) is 24.4 Å². The number of nitrogens with two attached hydrogens (primary N) is 1. The van der Waals surface area contributed by atoms with Gasteiger partial charge in [-0.25, -0.2) is 0 Å². The minimum Gasteiger partial charge on any atom is -0.396 e. The average Bonchev–Trinajstić information content (AvgIpc) is 2.62. The molecule has 18 heavy (non-hydrogen) atoms. The van der Waals surface area contributed by atoms with E-state index in [2.05, 4.69) is 10.4 Å². The molecule has 1 aromatic heterocycles. The lowest BCUT2D eigenvalue weighted by molar-refractivity contribution is 0.101. The smallest absolute Gasteiger partial charge is 0.276 e. The highest BCUT2D eigenvalue weighted by molar-refractivity contribution is 6.34. The lowest BCUT2D eigenvalue weighted by Gasteiger charge is -2.08. The van der Waals surface area contributed by atoms with Gasteiger partial charge in [0, 0.05) is 7.05 Å². The van der Waals surface area contributed by atoms with Crippen LogP contribution < -0.4 is 11.1 Å². The van der Waals surface area contributed by atoms with Gasteiger partial charge in [-0.1, -0.05) is 17.7 Å². The molecule has 0 aliphatic heterocycles. The number of aryl methyl sites for hydroxylation is 2. The number of hydrogen-bond donors (Lipinski definition) is 2. The van der Waals surface area contributed by atoms with Gasteiger partial charge in [0.05, 0.1) is 22.6 Å². The molecule has 0 aliphatic carbocycles. The quantitative estimate of drug-likeness (QED) is 0.873. The van der Waals surface area contributed by atoms with E-state index >= 15 is 0 Å². The summed E-state index contributed by atoms with van der Waals surface area (Å²) in [6.45, 7) is 1.93. The first-order valence-corrected chi connectivity index (χ1v) is 5.72. The summed E-state index contributed by atoms with van der Waals surface area (Å²) in [5.41, 5.74) is 7.90. The minimum absolute atomic E-state index is 0.312. The van der Waals surface area contributed by atoms with Crippen LogP contribution in [0.2, 0.25) is 5.02 Å². The summed E-state index contributed by atoms with van der Waals surface area (Å²) in [6.07, 6.45) is 1.44. The van der Waals surface area contributed by atoms with Crippen molar-refractivity contribution in [2.24, 2.45) is 7.05 Å². The number of benzene rings is 1. The maximum atomic E-state index is 12.0. The number of carbonyl (C=O) groups excluding carboxylic acids is 1. The van der Waals surface area contributed by atoms with E-state index < -0.39 is 0 Å². The third kappa shape index (κ3) is 2.31. The monoisotopic (exact) mass is 264 g/mol. The topological polar surface area (TPSA) is 72.9 Å². The maximum Gasteiger partial charge on any atom is 0.276 e. The van der Waals surface area contributed by atoms with E-state index in [-0.39, 0.29) is 5.91 Å². The van der Waals surface area contributed by atoms with Crippen LogP contribution in [-0.2, 0) is 7.05 Å². The number of aromatic nitrogens is 2. The van der Waals surface area contributed by atoms with Crippen LogP contribution in [0.25, 0.3) is 0 Å². The fraction of sp³-hybridized carbons (Fsp3) is 0.167. The van der Waals surface area contributed by atoms with Crippen molar-refractivity contribution in [1.29, 1.82) is 0 Å². The Morgan fingerprint density at radius 3 is 2.78 bits per heavy atom. The van der Waals surface area contributed by atoms with Crippen molar-refractivity contribution < 1.29 is 4.79 Å². The van der Waals surface area contributed by atoms with E-state index in [1.807, 2.05) is 13.0 Å². The molecule has 0 bridgehead atoms. The summed E-state index contributed by atoms with van der Waals surface area (Å²) in [4.78, 5) is 12.0. The molecular weight excluding hydrogens is 252 g/mol. The number of nitrogen functional groups attached to an aromatic ring is 1. The van der Waals surface area contributed by atoms with Gasteiger partial charge in [0.25, 0.3) is 5.91 Å². The van der Waals surface area contributed by atoms with Crippen molar-refractivity contribution >= 4 is 28.9 Å². The van der Waals surface area contributed by atoms with Gasteiger partial charge in [-0.3, -0.25) is 9.48 Å². The molecule has 1 aromatic carbocycles. The zero-order valence-corrected chi connectivity index (χ0v) is 10.8. The first kappa shape index (κ1) is 12.4. The Labute approximate surface area is 110 Å². The summed E-state index contributed by atoms with van der Waals surface area (Å²) in [6, 6.07) is 5.40. The molecule has 3 N–H and O–H groups in total. The number of amides is 1. The third-order valence-corrected chi connectivity index (χ3v) is 2.87. The highest BCUT2D eigenvalue weighted by atomic mass is 35.5. The van der Waals surface area contributed by atoms with Crippen LogP contribution in [-0.4, -0.2) is 15.7 Å². The lowest BCUT2D eigenvalue weighted by Crippen LogP contribution is -2.17. The summed E-state index contributed by atoms with van der Waals surface area (Å²) < 4.78 is 1.42. The number of nitrogens with zero attached hydrogens (tertiary/aromatic N) is 2. The zero-order valence-electron chi connectivity index (χ0n) is 10.1. The van der Waals surface area contributed by atoms with Crippen molar-refractivity contribution in [1.82, 2.24) is 9.78 Å². The van der Waals surface area contributed by atoms with Crippen LogP contribution >= 0.6 is 11.6 Å². The SMILES string of the molecule is Cc1ccc(NC(=O)c2c(N)cnn2C)c(Cl)c1. The van der Waals surface area contributed by atoms with Crippen LogP contribution in [0.4, 0.5) is 11.4 Å². The zero-order chi connectivity index (χ0) is 13.3. The fourth-order valence-corrected chi connectivity index (χ4v) is 1.92. The number of hydrogen-bond acceptors (Lipinski definition) is 3. The summed E-state index contributed by atoms with van der Waals surface area (Å²) in [5.74, 6) is -0.335. The van der Waals surface area contributed by atoms with Gasteiger partial charge in [-0.15, -0.1) is 0 Å². The first-order valence-electron chi connectivity index (χ1n) is 5.34. The Hall–Kier alpha value is -2.01. The predicted octanol–water partition coefficient (Wildman–Crippen LogP) is 2.22. The van der Waals surface area contributed by atoms with Crippen molar-refractivity contribution in [3.05, 3.63) is 40.7 Å². The van der Waals surface area contributed by atoms with E-state index in [4.69, 9.17) is 17.3 Å². The second kappa shape index (κ2) is 4.70. The van der Waals surface area contributed by atoms with Gasteiger partial charge in [-0.05, 0) is 24.6 Å². The standard InChI is InChI=1S/C12H13ClN4O/c1-7-3-4-10(8(13)5-7)16-12(18)11-9(14)6-15-17(11)2/h3-6H,14H2,1-2H3,(H,16,18). The van der Waals surface area contributed by atoms with E-state index in [9.17, 15) is 4.79 Å². The highest BCUT2D eigenvalue weighted by Gasteiger charge is 2.15. The fourth-order valence-electron chi connectivity index (χ4n) is 1.64. The van der Waals surface area contributed by atoms with Crippen LogP contribution in [0, 0.1) is 6.92 Å². The summed E-state index contributed by atoms with van der Waals surface area (Å²) in [5, 5.41) is 7.11. The van der Waals surface area contributed by atoms with E-state index in [1.165, 1.54) is 10.9 Å². The second-order valence-electron chi connectivity index (χ2n) is 4.01. The number of anilines is 2. The Morgan fingerprint density at radius 1 is 1.50 bits per heavy atom. The van der Waals surface area contributed by atoms with E-state index in [1.54, 1.807) is 19.2 Å². The molecule has 2 rings (SSSR count). The summed E-state index contributed by atoms with van der Waals surface area (Å²) in [7, 11) is 1.65. The Kier molecular flexibility index (Phi) is 3.25. The molecule has 0 aliphatic rings. The van der Waals surface area contributed by atoms with Crippen LogP contribution in [0.5, 0.6) is 0 Å². The van der Waals surface area contributed by atoms with Crippen molar-refractivity contribution in [2.75, 3.05) is 11.1 Å². The predicted molar refractivity (Wildman–Crippen MR) is 71.8 cm³/mol. The minimum atomic E-state index is -0.335. The molecule has 0 saturated carbocycles. The largest absolute Gasteiger partial charge is 0.396 e. The number of rotatable bonds is 2. The van der Waals surface area contributed by atoms with Gasteiger partial charge in [-0.2, -0.15) is 5.10 Å². The molecular formula is C12H13ClN4O. The average molecular weight is 265 g/mol. The molecule has 1 amide bonds. The molecule has 5 nitrogen and oxygen atoms in total. The second-order valence-corrected chi connectivity index (χ2v) is 4.42. The van der Waals surface area contributed by atoms with Crippen LogP contribution in [0.3, 0.4) is 0 Å². The van der Waals surface area contributed by atoms with E-state index in [0.717, 1.165) is 5.56 Å².